The molecule has 0 aromatic carbocycles. The Kier molecular flexibility index (Phi) is 5.60. The van der Waals surface area contributed by atoms with Crippen LogP contribution in [0.4, 0.5) is 4.79 Å². The molecule has 15 heavy (non-hydrogen) atoms. The molecular weight excluding hydrogens is 194 g/mol. The van der Waals surface area contributed by atoms with Gasteiger partial charge in [-0.15, -0.1) is 0 Å². The van der Waals surface area contributed by atoms with Crippen LogP contribution in [-0.2, 0) is 4.74 Å². The van der Waals surface area contributed by atoms with Crippen molar-refractivity contribution in [1.29, 1.82) is 0 Å². The van der Waals surface area contributed by atoms with Crippen LogP contribution in [0.5, 0.6) is 0 Å². The van der Waals surface area contributed by atoms with Gasteiger partial charge in [-0.3, -0.25) is 11.3 Å². The lowest BCUT2D eigenvalue weighted by Crippen LogP contribution is -2.45. The first-order valence-corrected chi connectivity index (χ1v) is 5.21. The quantitative estimate of drug-likeness (QED) is 0.546. The Morgan fingerprint density at radius 2 is 2.00 bits per heavy atom. The van der Waals surface area contributed by atoms with Crippen LogP contribution in [0.15, 0.2) is 0 Å². The highest BCUT2D eigenvalue weighted by Crippen LogP contribution is 2.11. The second-order valence-corrected chi connectivity index (χ2v) is 4.72. The van der Waals surface area contributed by atoms with Crippen LogP contribution in [0.2, 0.25) is 0 Å². The van der Waals surface area contributed by atoms with E-state index in [0.29, 0.717) is 13.1 Å². The molecule has 0 aliphatic heterocycles. The first-order valence-electron chi connectivity index (χ1n) is 5.21. The molecule has 0 saturated heterocycles. The molecule has 0 fully saturated rings. The number of carbonyl (C=O) groups is 1. The first kappa shape index (κ1) is 14.2. The van der Waals surface area contributed by atoms with E-state index in [2.05, 4.69) is 5.43 Å². The van der Waals surface area contributed by atoms with Gasteiger partial charge in [0.2, 0.25) is 0 Å². The molecule has 0 heterocycles. The van der Waals surface area contributed by atoms with E-state index in [1.165, 1.54) is 0 Å². The summed E-state index contributed by atoms with van der Waals surface area (Å²) in [5, 5.41) is 0. The summed E-state index contributed by atoms with van der Waals surface area (Å²) in [4.78, 5) is 13.4. The molecule has 5 nitrogen and oxygen atoms in total. The largest absolute Gasteiger partial charge is 0.444 e. The summed E-state index contributed by atoms with van der Waals surface area (Å²) in [6.45, 7) is 10.5. The molecule has 0 aliphatic carbocycles. The van der Waals surface area contributed by atoms with Crippen molar-refractivity contribution >= 4 is 6.09 Å². The fraction of sp³-hybridized carbons (Fsp3) is 0.900. The van der Waals surface area contributed by atoms with E-state index < -0.39 is 5.60 Å². The van der Waals surface area contributed by atoms with Gasteiger partial charge in [-0.25, -0.2) is 4.79 Å². The minimum Gasteiger partial charge on any atom is -0.444 e. The molecule has 0 aromatic rings. The van der Waals surface area contributed by atoms with Crippen LogP contribution < -0.4 is 11.3 Å². The highest BCUT2D eigenvalue weighted by atomic mass is 16.6. The average Bonchev–Trinajstić information content (AvgIpc) is 2.00. The molecule has 0 atom stereocenters. The second kappa shape index (κ2) is 5.92. The van der Waals surface area contributed by atoms with E-state index in [9.17, 15) is 4.79 Å². The molecule has 0 aliphatic rings. The molecule has 0 unspecified atom stereocenters. The SMILES string of the molecule is CC(C)N(CCNN)C(=O)OC(C)(C)C. The van der Waals surface area contributed by atoms with Crippen molar-refractivity contribution in [2.24, 2.45) is 5.84 Å². The van der Waals surface area contributed by atoms with Gasteiger partial charge < -0.3 is 9.64 Å². The molecule has 90 valence electrons. The van der Waals surface area contributed by atoms with E-state index in [0.717, 1.165) is 0 Å². The number of amides is 1. The highest BCUT2D eigenvalue weighted by Gasteiger charge is 2.23. The van der Waals surface area contributed by atoms with Crippen molar-refractivity contribution in [3.8, 4) is 0 Å². The van der Waals surface area contributed by atoms with Crippen LogP contribution in [0.3, 0.4) is 0 Å². The van der Waals surface area contributed by atoms with Gasteiger partial charge in [0, 0.05) is 19.1 Å². The van der Waals surface area contributed by atoms with Gasteiger partial charge in [0.05, 0.1) is 0 Å². The summed E-state index contributed by atoms with van der Waals surface area (Å²) in [5.74, 6) is 5.18. The van der Waals surface area contributed by atoms with E-state index in [1.807, 2.05) is 34.6 Å². The van der Waals surface area contributed by atoms with Crippen LogP contribution in [-0.4, -0.2) is 35.7 Å². The molecule has 0 rings (SSSR count). The van der Waals surface area contributed by atoms with Gasteiger partial charge in [0.1, 0.15) is 5.60 Å². The number of hydrazine groups is 1. The summed E-state index contributed by atoms with van der Waals surface area (Å²) in [5.41, 5.74) is 2.06. The van der Waals surface area contributed by atoms with Gasteiger partial charge in [0.15, 0.2) is 0 Å². The Morgan fingerprint density at radius 3 is 2.33 bits per heavy atom. The molecule has 0 radical (unpaired) electrons. The number of nitrogens with zero attached hydrogens (tertiary/aromatic N) is 1. The number of ether oxygens (including phenoxy) is 1. The number of rotatable bonds is 4. The zero-order chi connectivity index (χ0) is 12.1. The van der Waals surface area contributed by atoms with Gasteiger partial charge in [0.25, 0.3) is 0 Å². The number of hydrogen-bond donors (Lipinski definition) is 2. The lowest BCUT2D eigenvalue weighted by atomic mass is 10.2. The maximum Gasteiger partial charge on any atom is 0.410 e. The van der Waals surface area contributed by atoms with Gasteiger partial charge in [-0.05, 0) is 34.6 Å². The van der Waals surface area contributed by atoms with Crippen molar-refractivity contribution < 1.29 is 9.53 Å². The third-order valence-electron chi connectivity index (χ3n) is 1.75. The Morgan fingerprint density at radius 1 is 1.47 bits per heavy atom. The first-order chi connectivity index (χ1) is 6.78. The van der Waals surface area contributed by atoms with E-state index >= 15 is 0 Å². The molecule has 0 spiro atoms. The normalized spacial score (nSPS) is 11.7. The predicted molar refractivity (Wildman–Crippen MR) is 60.3 cm³/mol. The van der Waals surface area contributed by atoms with Crippen molar-refractivity contribution in [2.75, 3.05) is 13.1 Å². The monoisotopic (exact) mass is 217 g/mol. The maximum absolute atomic E-state index is 11.7. The number of carbonyl (C=O) groups excluding carboxylic acids is 1. The van der Waals surface area contributed by atoms with Crippen LogP contribution in [0.1, 0.15) is 34.6 Å². The maximum atomic E-state index is 11.7. The second-order valence-electron chi connectivity index (χ2n) is 4.72. The minimum absolute atomic E-state index is 0.105. The third kappa shape index (κ3) is 6.30. The summed E-state index contributed by atoms with van der Waals surface area (Å²) < 4.78 is 5.28. The van der Waals surface area contributed by atoms with Crippen LogP contribution in [0, 0.1) is 0 Å². The van der Waals surface area contributed by atoms with Gasteiger partial charge >= 0.3 is 6.09 Å². The lowest BCUT2D eigenvalue weighted by molar-refractivity contribution is 0.0194. The number of hydrogen-bond acceptors (Lipinski definition) is 4. The Bertz CT molecular complexity index is 199. The fourth-order valence-electron chi connectivity index (χ4n) is 1.07. The molecule has 1 amide bonds. The Hall–Kier alpha value is -0.810. The number of nitrogens with one attached hydrogen (secondary N) is 1. The summed E-state index contributed by atoms with van der Waals surface area (Å²) >= 11 is 0. The molecule has 0 bridgehead atoms. The van der Waals surface area contributed by atoms with E-state index in [-0.39, 0.29) is 12.1 Å². The summed E-state index contributed by atoms with van der Waals surface area (Å²) in [6.07, 6.45) is -0.298. The highest BCUT2D eigenvalue weighted by molar-refractivity contribution is 5.68. The fourth-order valence-corrected chi connectivity index (χ4v) is 1.07. The standard InChI is InChI=1S/C10H23N3O2/c1-8(2)13(7-6-12-11)9(14)15-10(3,4)5/h8,12H,6-7,11H2,1-5H3. The van der Waals surface area contributed by atoms with Gasteiger partial charge in [-0.1, -0.05) is 0 Å². The van der Waals surface area contributed by atoms with Crippen LogP contribution >= 0.6 is 0 Å². The molecule has 0 aromatic heterocycles. The van der Waals surface area contributed by atoms with Crippen molar-refractivity contribution in [2.45, 2.75) is 46.3 Å². The smallest absolute Gasteiger partial charge is 0.410 e. The summed E-state index contributed by atoms with van der Waals surface area (Å²) in [7, 11) is 0. The van der Waals surface area contributed by atoms with Crippen molar-refractivity contribution in [1.82, 2.24) is 10.3 Å². The zero-order valence-electron chi connectivity index (χ0n) is 10.3. The Balaban J connectivity index is 4.29. The van der Waals surface area contributed by atoms with Crippen molar-refractivity contribution in [3.05, 3.63) is 0 Å². The predicted octanol–water partition coefficient (Wildman–Crippen LogP) is 1.10. The van der Waals surface area contributed by atoms with Gasteiger partial charge in [-0.2, -0.15) is 0 Å². The third-order valence-corrected chi connectivity index (χ3v) is 1.75. The molecular formula is C10H23N3O2. The zero-order valence-corrected chi connectivity index (χ0v) is 10.3. The molecule has 3 N–H and O–H groups in total. The topological polar surface area (TPSA) is 67.6 Å². The lowest BCUT2D eigenvalue weighted by Gasteiger charge is -2.29. The average molecular weight is 217 g/mol. The van der Waals surface area contributed by atoms with E-state index in [1.54, 1.807) is 4.90 Å². The minimum atomic E-state index is -0.458. The molecule has 5 heteroatoms. The Labute approximate surface area is 91.9 Å². The molecule has 0 saturated carbocycles. The van der Waals surface area contributed by atoms with Crippen LogP contribution in [0.25, 0.3) is 0 Å². The van der Waals surface area contributed by atoms with E-state index in [4.69, 9.17) is 10.6 Å². The van der Waals surface area contributed by atoms with Crippen molar-refractivity contribution in [3.63, 3.8) is 0 Å². The summed E-state index contributed by atoms with van der Waals surface area (Å²) in [6, 6.07) is 0.105. The number of nitrogens with two attached hydrogens (primary N) is 1.